The summed E-state index contributed by atoms with van der Waals surface area (Å²) in [6, 6.07) is 7.74. The van der Waals surface area contributed by atoms with Crippen molar-refractivity contribution in [2.75, 3.05) is 6.54 Å². The van der Waals surface area contributed by atoms with Crippen LogP contribution in [0.15, 0.2) is 36.5 Å². The molecule has 1 amide bonds. The van der Waals surface area contributed by atoms with Gasteiger partial charge in [0.15, 0.2) is 5.65 Å². The minimum atomic E-state index is -0.399. The Balaban J connectivity index is 1.66. The molecular formula is C17H15FN4O. The zero-order valence-corrected chi connectivity index (χ0v) is 12.7. The van der Waals surface area contributed by atoms with Gasteiger partial charge < -0.3 is 4.90 Å². The molecular weight excluding hydrogens is 295 g/mol. The molecule has 1 aliphatic heterocycles. The van der Waals surface area contributed by atoms with E-state index >= 15 is 0 Å². The van der Waals surface area contributed by atoms with E-state index in [1.165, 1.54) is 12.1 Å². The number of halogens is 1. The normalized spacial score (nSPS) is 14.1. The van der Waals surface area contributed by atoms with Gasteiger partial charge in [0.1, 0.15) is 5.82 Å². The van der Waals surface area contributed by atoms with Gasteiger partial charge >= 0.3 is 0 Å². The van der Waals surface area contributed by atoms with E-state index in [1.807, 2.05) is 17.5 Å². The molecule has 1 aliphatic rings. The Bertz CT molecular complexity index is 918. The smallest absolute Gasteiger partial charge is 0.254 e. The third-order valence-electron chi connectivity index (χ3n) is 4.13. The molecule has 3 heterocycles. The van der Waals surface area contributed by atoms with Gasteiger partial charge in [-0.25, -0.2) is 13.9 Å². The van der Waals surface area contributed by atoms with Crippen LogP contribution in [0.2, 0.25) is 0 Å². The highest BCUT2D eigenvalue weighted by molar-refractivity contribution is 5.94. The molecule has 4 rings (SSSR count). The SMILES string of the molecule is Cc1cc2ncc3c(n2n1)CCN(C(=O)c1cccc(F)c1)C3. The highest BCUT2D eigenvalue weighted by Gasteiger charge is 2.24. The van der Waals surface area contributed by atoms with Crippen molar-refractivity contribution in [2.45, 2.75) is 19.9 Å². The lowest BCUT2D eigenvalue weighted by Gasteiger charge is -2.28. The first kappa shape index (κ1) is 13.9. The molecule has 0 bridgehead atoms. The van der Waals surface area contributed by atoms with Crippen molar-refractivity contribution in [1.82, 2.24) is 19.5 Å². The van der Waals surface area contributed by atoms with Crippen molar-refractivity contribution in [3.63, 3.8) is 0 Å². The van der Waals surface area contributed by atoms with Crippen LogP contribution in [-0.2, 0) is 13.0 Å². The summed E-state index contributed by atoms with van der Waals surface area (Å²) in [4.78, 5) is 18.7. The fourth-order valence-electron chi connectivity index (χ4n) is 3.03. The lowest BCUT2D eigenvalue weighted by Crippen LogP contribution is -2.37. The van der Waals surface area contributed by atoms with E-state index in [9.17, 15) is 9.18 Å². The van der Waals surface area contributed by atoms with Crippen LogP contribution in [0.3, 0.4) is 0 Å². The molecule has 23 heavy (non-hydrogen) atoms. The average molecular weight is 310 g/mol. The zero-order chi connectivity index (χ0) is 16.0. The number of rotatable bonds is 1. The van der Waals surface area contributed by atoms with E-state index in [0.29, 0.717) is 25.1 Å². The second-order valence-corrected chi connectivity index (χ2v) is 5.77. The Morgan fingerprint density at radius 3 is 3.00 bits per heavy atom. The Hall–Kier alpha value is -2.76. The minimum absolute atomic E-state index is 0.160. The first-order valence-electron chi connectivity index (χ1n) is 7.50. The molecule has 0 unspecified atom stereocenters. The number of hydrogen-bond acceptors (Lipinski definition) is 3. The van der Waals surface area contributed by atoms with Crippen LogP contribution in [-0.4, -0.2) is 31.9 Å². The fraction of sp³-hybridized carbons (Fsp3) is 0.235. The predicted octanol–water partition coefficient (Wildman–Crippen LogP) is 2.38. The van der Waals surface area contributed by atoms with Crippen LogP contribution in [0.4, 0.5) is 4.39 Å². The Morgan fingerprint density at radius 2 is 2.17 bits per heavy atom. The summed E-state index contributed by atoms with van der Waals surface area (Å²) in [6.07, 6.45) is 2.51. The molecule has 6 heteroatoms. The molecule has 1 aromatic carbocycles. The first-order chi connectivity index (χ1) is 11.1. The summed E-state index contributed by atoms with van der Waals surface area (Å²) in [7, 11) is 0. The van der Waals surface area contributed by atoms with Gasteiger partial charge in [0.25, 0.3) is 5.91 Å². The van der Waals surface area contributed by atoms with E-state index in [1.54, 1.807) is 23.2 Å². The molecule has 2 aromatic heterocycles. The highest BCUT2D eigenvalue weighted by atomic mass is 19.1. The summed E-state index contributed by atoms with van der Waals surface area (Å²) >= 11 is 0. The summed E-state index contributed by atoms with van der Waals surface area (Å²) in [5.41, 5.74) is 4.19. The largest absolute Gasteiger partial charge is 0.334 e. The molecule has 3 aromatic rings. The second-order valence-electron chi connectivity index (χ2n) is 5.77. The summed E-state index contributed by atoms with van der Waals surface area (Å²) in [5.74, 6) is -0.560. The third kappa shape index (κ3) is 2.36. The van der Waals surface area contributed by atoms with Gasteiger partial charge in [-0.15, -0.1) is 0 Å². The van der Waals surface area contributed by atoms with Crippen molar-refractivity contribution < 1.29 is 9.18 Å². The van der Waals surface area contributed by atoms with Crippen LogP contribution in [0, 0.1) is 12.7 Å². The number of carbonyl (C=O) groups is 1. The molecule has 0 aliphatic carbocycles. The second kappa shape index (κ2) is 5.15. The maximum Gasteiger partial charge on any atom is 0.254 e. The Morgan fingerprint density at radius 1 is 1.30 bits per heavy atom. The number of hydrogen-bond donors (Lipinski definition) is 0. The van der Waals surface area contributed by atoms with Crippen LogP contribution in [0.5, 0.6) is 0 Å². The maximum atomic E-state index is 13.3. The molecule has 0 atom stereocenters. The Labute approximate surface area is 132 Å². The predicted molar refractivity (Wildman–Crippen MR) is 82.6 cm³/mol. The quantitative estimate of drug-likeness (QED) is 0.693. The standard InChI is InChI=1S/C17H15FN4O/c1-11-7-16-19-9-13-10-21(6-5-15(13)22(16)20-11)17(23)12-3-2-4-14(18)8-12/h2-4,7-9H,5-6,10H2,1H3. The van der Waals surface area contributed by atoms with E-state index in [4.69, 9.17) is 0 Å². The zero-order valence-electron chi connectivity index (χ0n) is 12.7. The molecule has 0 saturated carbocycles. The van der Waals surface area contributed by atoms with Crippen LogP contribution in [0.1, 0.15) is 27.3 Å². The first-order valence-corrected chi connectivity index (χ1v) is 7.50. The van der Waals surface area contributed by atoms with Crippen molar-refractivity contribution in [2.24, 2.45) is 0 Å². The number of fused-ring (bicyclic) bond motifs is 3. The maximum absolute atomic E-state index is 13.3. The summed E-state index contributed by atoms with van der Waals surface area (Å²) in [5, 5.41) is 4.47. The van der Waals surface area contributed by atoms with E-state index in [0.717, 1.165) is 22.6 Å². The molecule has 5 nitrogen and oxygen atoms in total. The highest BCUT2D eigenvalue weighted by Crippen LogP contribution is 2.21. The van der Waals surface area contributed by atoms with Gasteiger partial charge in [-0.2, -0.15) is 5.10 Å². The number of nitrogens with zero attached hydrogens (tertiary/aromatic N) is 4. The van der Waals surface area contributed by atoms with Crippen molar-refractivity contribution >= 4 is 11.6 Å². The molecule has 0 saturated heterocycles. The third-order valence-corrected chi connectivity index (χ3v) is 4.13. The number of aryl methyl sites for hydroxylation is 1. The molecule has 0 spiro atoms. The molecule has 0 N–H and O–H groups in total. The van der Waals surface area contributed by atoms with Gasteiger partial charge in [-0.1, -0.05) is 6.07 Å². The van der Waals surface area contributed by atoms with E-state index < -0.39 is 5.82 Å². The lowest BCUT2D eigenvalue weighted by molar-refractivity contribution is 0.0732. The molecule has 0 fully saturated rings. The number of amides is 1. The average Bonchev–Trinajstić information content (AvgIpc) is 2.94. The number of aromatic nitrogens is 3. The Kier molecular flexibility index (Phi) is 3.11. The van der Waals surface area contributed by atoms with Gasteiger partial charge in [-0.3, -0.25) is 4.79 Å². The molecule has 116 valence electrons. The van der Waals surface area contributed by atoms with Crippen molar-refractivity contribution in [1.29, 1.82) is 0 Å². The number of carbonyl (C=O) groups excluding carboxylic acids is 1. The lowest BCUT2D eigenvalue weighted by atomic mass is 10.1. The fourth-order valence-corrected chi connectivity index (χ4v) is 3.03. The van der Waals surface area contributed by atoms with Crippen LogP contribution in [0.25, 0.3) is 5.65 Å². The van der Waals surface area contributed by atoms with Crippen molar-refractivity contribution in [3.05, 3.63) is 64.9 Å². The summed E-state index contributed by atoms with van der Waals surface area (Å²) < 4.78 is 15.2. The van der Waals surface area contributed by atoms with Gasteiger partial charge in [0, 0.05) is 42.9 Å². The topological polar surface area (TPSA) is 50.5 Å². The van der Waals surface area contributed by atoms with Crippen LogP contribution < -0.4 is 0 Å². The molecule has 0 radical (unpaired) electrons. The van der Waals surface area contributed by atoms with Gasteiger partial charge in [-0.05, 0) is 25.1 Å². The monoisotopic (exact) mass is 310 g/mol. The van der Waals surface area contributed by atoms with E-state index in [2.05, 4.69) is 10.1 Å². The van der Waals surface area contributed by atoms with Crippen LogP contribution >= 0.6 is 0 Å². The van der Waals surface area contributed by atoms with E-state index in [-0.39, 0.29) is 5.91 Å². The minimum Gasteiger partial charge on any atom is -0.334 e. The number of benzene rings is 1. The van der Waals surface area contributed by atoms with Crippen molar-refractivity contribution in [3.8, 4) is 0 Å². The van der Waals surface area contributed by atoms with Gasteiger partial charge in [0.05, 0.1) is 11.4 Å². The van der Waals surface area contributed by atoms with Gasteiger partial charge in [0.2, 0.25) is 0 Å². The summed E-state index contributed by atoms with van der Waals surface area (Å²) in [6.45, 7) is 2.98.